The van der Waals surface area contributed by atoms with Gasteiger partial charge in [0, 0.05) is 24.9 Å². The van der Waals surface area contributed by atoms with E-state index in [4.69, 9.17) is 25.2 Å². The van der Waals surface area contributed by atoms with Crippen LogP contribution in [0.4, 0.5) is 10.1 Å². The van der Waals surface area contributed by atoms with Gasteiger partial charge in [-0.15, -0.1) is 0 Å². The number of aromatic nitrogens is 1. The molecule has 1 aliphatic rings. The third-order valence-corrected chi connectivity index (χ3v) is 6.86. The molecule has 11 heteroatoms. The summed E-state index contributed by atoms with van der Waals surface area (Å²) in [7, 11) is 0. The van der Waals surface area contributed by atoms with E-state index >= 15 is 0 Å². The van der Waals surface area contributed by atoms with Crippen LogP contribution in [0.3, 0.4) is 0 Å². The highest BCUT2D eigenvalue weighted by Crippen LogP contribution is 2.33. The summed E-state index contributed by atoms with van der Waals surface area (Å²) in [4.78, 5) is 28.7. The first kappa shape index (κ1) is 29.0. The number of anilines is 1. The summed E-state index contributed by atoms with van der Waals surface area (Å²) in [6.07, 6.45) is 0.905. The Morgan fingerprint density at radius 3 is 2.58 bits per heavy atom. The van der Waals surface area contributed by atoms with E-state index in [1.54, 1.807) is 48.5 Å². The van der Waals surface area contributed by atoms with Gasteiger partial charge in [-0.3, -0.25) is 4.79 Å². The normalized spacial score (nSPS) is 14.6. The van der Waals surface area contributed by atoms with Gasteiger partial charge in [-0.2, -0.15) is 5.26 Å². The van der Waals surface area contributed by atoms with Crippen LogP contribution in [0.25, 0.3) is 0 Å². The third-order valence-electron chi connectivity index (χ3n) is 6.86. The van der Waals surface area contributed by atoms with E-state index < -0.39 is 23.6 Å². The summed E-state index contributed by atoms with van der Waals surface area (Å²) in [6.45, 7) is 1.12. The number of aromatic carboxylic acids is 1. The number of halogens is 1. The fourth-order valence-corrected chi connectivity index (χ4v) is 4.54. The van der Waals surface area contributed by atoms with Crippen LogP contribution in [-0.4, -0.2) is 41.2 Å². The molecule has 3 aromatic carbocycles. The maximum atomic E-state index is 14.1. The van der Waals surface area contributed by atoms with Crippen molar-refractivity contribution in [2.75, 3.05) is 18.5 Å². The van der Waals surface area contributed by atoms with Crippen molar-refractivity contribution in [3.05, 3.63) is 113 Å². The van der Waals surface area contributed by atoms with Gasteiger partial charge in [0.2, 0.25) is 11.8 Å². The fourth-order valence-electron chi connectivity index (χ4n) is 4.54. The van der Waals surface area contributed by atoms with Gasteiger partial charge in [-0.1, -0.05) is 24.3 Å². The SMILES string of the molecule is N#Cc1ccc(OCc2cccc(Oc3ccc([C@H](C(N)=O)c4ccc(C(=O)O)cc4NC[C@@H]4CCO4)cc3)n2)c(F)c1. The van der Waals surface area contributed by atoms with E-state index in [1.165, 1.54) is 24.3 Å². The van der Waals surface area contributed by atoms with Gasteiger partial charge in [0.15, 0.2) is 11.6 Å². The number of nitriles is 1. The van der Waals surface area contributed by atoms with E-state index in [1.807, 2.05) is 6.07 Å². The van der Waals surface area contributed by atoms with E-state index in [0.29, 0.717) is 41.4 Å². The number of amides is 1. The van der Waals surface area contributed by atoms with E-state index in [2.05, 4.69) is 10.3 Å². The molecule has 43 heavy (non-hydrogen) atoms. The smallest absolute Gasteiger partial charge is 0.335 e. The molecule has 1 aromatic heterocycles. The van der Waals surface area contributed by atoms with Crippen molar-refractivity contribution >= 4 is 17.6 Å². The van der Waals surface area contributed by atoms with Crippen molar-refractivity contribution in [3.63, 3.8) is 0 Å². The van der Waals surface area contributed by atoms with Crippen molar-refractivity contribution in [1.82, 2.24) is 4.98 Å². The summed E-state index contributed by atoms with van der Waals surface area (Å²) in [5.41, 5.74) is 8.21. The molecular weight excluding hydrogens is 555 g/mol. The number of nitrogens with one attached hydrogen (secondary N) is 1. The van der Waals surface area contributed by atoms with Crippen LogP contribution in [0.1, 0.15) is 45.1 Å². The summed E-state index contributed by atoms with van der Waals surface area (Å²) in [5, 5.41) is 21.6. The highest BCUT2D eigenvalue weighted by atomic mass is 19.1. The molecule has 0 saturated carbocycles. The van der Waals surface area contributed by atoms with Crippen molar-refractivity contribution in [3.8, 4) is 23.4 Å². The molecule has 0 bridgehead atoms. The molecular formula is C32H27FN4O6. The number of hydrogen-bond donors (Lipinski definition) is 3. The Labute approximate surface area is 246 Å². The molecule has 218 valence electrons. The lowest BCUT2D eigenvalue weighted by Crippen LogP contribution is -2.34. The van der Waals surface area contributed by atoms with Gasteiger partial charge >= 0.3 is 5.97 Å². The van der Waals surface area contributed by atoms with Crippen molar-refractivity contribution in [1.29, 1.82) is 5.26 Å². The number of pyridine rings is 1. The summed E-state index contributed by atoms with van der Waals surface area (Å²) in [5.74, 6) is -2.48. The number of benzene rings is 3. The molecule has 0 radical (unpaired) electrons. The van der Waals surface area contributed by atoms with Gasteiger partial charge in [0.05, 0.1) is 34.9 Å². The molecule has 1 aliphatic heterocycles. The van der Waals surface area contributed by atoms with Crippen LogP contribution in [0.15, 0.2) is 78.9 Å². The first-order chi connectivity index (χ1) is 20.8. The zero-order valence-electron chi connectivity index (χ0n) is 22.8. The summed E-state index contributed by atoms with van der Waals surface area (Å²) >= 11 is 0. The Bertz CT molecular complexity index is 1680. The number of carbonyl (C=O) groups is 2. The van der Waals surface area contributed by atoms with Crippen molar-refractivity contribution in [2.45, 2.75) is 25.0 Å². The van der Waals surface area contributed by atoms with Gasteiger partial charge < -0.3 is 30.4 Å². The number of carboxylic acid groups (broad SMARTS) is 1. The number of rotatable bonds is 12. The first-order valence-corrected chi connectivity index (χ1v) is 13.4. The predicted octanol–water partition coefficient (Wildman–Crippen LogP) is 4.98. The largest absolute Gasteiger partial charge is 0.484 e. The monoisotopic (exact) mass is 582 g/mol. The Morgan fingerprint density at radius 1 is 1.14 bits per heavy atom. The van der Waals surface area contributed by atoms with Crippen molar-refractivity contribution in [2.24, 2.45) is 5.73 Å². The second kappa shape index (κ2) is 13.0. The van der Waals surface area contributed by atoms with Gasteiger partial charge in [-0.05, 0) is 66.1 Å². The highest BCUT2D eigenvalue weighted by Gasteiger charge is 2.25. The molecule has 0 spiro atoms. The van der Waals surface area contributed by atoms with Gasteiger partial charge in [0.1, 0.15) is 12.4 Å². The fraction of sp³-hybridized carbons (Fsp3) is 0.188. The maximum Gasteiger partial charge on any atom is 0.335 e. The second-order valence-corrected chi connectivity index (χ2v) is 9.79. The van der Waals surface area contributed by atoms with Crippen LogP contribution in [0.5, 0.6) is 17.4 Å². The molecule has 5 rings (SSSR count). The van der Waals surface area contributed by atoms with Gasteiger partial charge in [0.25, 0.3) is 0 Å². The molecule has 1 fully saturated rings. The minimum Gasteiger partial charge on any atom is -0.484 e. The average Bonchev–Trinajstić information content (AvgIpc) is 2.97. The molecule has 2 atom stereocenters. The standard InChI is InChI=1S/C32H27FN4O6/c33-26-14-19(16-34)4-11-28(26)42-18-22-2-1-3-29(37-22)43-23-8-5-20(6-9-23)30(31(35)38)25-10-7-21(32(39)40)15-27(25)36-17-24-12-13-41-24/h1-11,14-15,24,30,36H,12-13,17-18H2,(H2,35,38)(H,39,40)/t24-,30-/m0/s1. The van der Waals surface area contributed by atoms with Crippen molar-refractivity contribution < 1.29 is 33.3 Å². The lowest BCUT2D eigenvalue weighted by Gasteiger charge is -2.28. The van der Waals surface area contributed by atoms with Crippen LogP contribution in [0, 0.1) is 17.1 Å². The molecule has 0 aliphatic carbocycles. The zero-order valence-corrected chi connectivity index (χ0v) is 22.8. The summed E-state index contributed by atoms with van der Waals surface area (Å²) < 4.78 is 31.0. The number of hydrogen-bond acceptors (Lipinski definition) is 8. The first-order valence-electron chi connectivity index (χ1n) is 13.4. The van der Waals surface area contributed by atoms with E-state index in [-0.39, 0.29) is 35.5 Å². The van der Waals surface area contributed by atoms with Crippen LogP contribution in [-0.2, 0) is 16.1 Å². The molecule has 4 N–H and O–H groups in total. The Kier molecular flexibility index (Phi) is 8.79. The van der Waals surface area contributed by atoms with E-state index in [9.17, 15) is 19.1 Å². The van der Waals surface area contributed by atoms with Crippen LogP contribution < -0.4 is 20.5 Å². The summed E-state index contributed by atoms with van der Waals surface area (Å²) in [6, 6.07) is 22.2. The maximum absolute atomic E-state index is 14.1. The minimum atomic E-state index is -1.09. The highest BCUT2D eigenvalue weighted by molar-refractivity contribution is 5.92. The van der Waals surface area contributed by atoms with Crippen LogP contribution >= 0.6 is 0 Å². The number of primary amides is 1. The Hall–Kier alpha value is -5.47. The zero-order chi connectivity index (χ0) is 30.3. The number of nitrogens with zero attached hydrogens (tertiary/aromatic N) is 2. The quantitative estimate of drug-likeness (QED) is 0.210. The predicted molar refractivity (Wildman–Crippen MR) is 153 cm³/mol. The number of carboxylic acids is 1. The molecule has 1 amide bonds. The van der Waals surface area contributed by atoms with E-state index in [0.717, 1.165) is 12.5 Å². The minimum absolute atomic E-state index is 0.000885. The average molecular weight is 583 g/mol. The molecule has 0 unspecified atom stereocenters. The number of ether oxygens (including phenoxy) is 3. The molecule has 1 saturated heterocycles. The lowest BCUT2D eigenvalue weighted by atomic mass is 9.88. The second-order valence-electron chi connectivity index (χ2n) is 9.79. The topological polar surface area (TPSA) is 157 Å². The lowest BCUT2D eigenvalue weighted by molar-refractivity contribution is -0.118. The Balaban J connectivity index is 1.30. The van der Waals surface area contributed by atoms with Gasteiger partial charge in [-0.25, -0.2) is 14.2 Å². The van der Waals surface area contributed by atoms with Crippen LogP contribution in [0.2, 0.25) is 0 Å². The molecule has 2 heterocycles. The molecule has 4 aromatic rings. The third kappa shape index (κ3) is 7.06. The number of nitrogens with two attached hydrogens (primary N) is 1. The Morgan fingerprint density at radius 2 is 1.93 bits per heavy atom. The molecule has 10 nitrogen and oxygen atoms in total. The number of carbonyl (C=O) groups excluding carboxylic acids is 1.